The minimum absolute atomic E-state index is 0.194. The molecule has 0 radical (unpaired) electrons. The average Bonchev–Trinajstić information content (AvgIpc) is 2.33. The molecule has 2 N–H and O–H groups in total. The summed E-state index contributed by atoms with van der Waals surface area (Å²) in [6, 6.07) is 4.86. The van der Waals surface area contributed by atoms with E-state index >= 15 is 0 Å². The molecular weight excluding hydrogens is 271 g/mol. The number of halogens is 2. The van der Waals surface area contributed by atoms with Gasteiger partial charge in [-0.3, -0.25) is 4.90 Å². The van der Waals surface area contributed by atoms with Crippen molar-refractivity contribution in [3.8, 4) is 0 Å². The van der Waals surface area contributed by atoms with E-state index in [4.69, 9.17) is 17.3 Å². The highest BCUT2D eigenvalue weighted by Crippen LogP contribution is 2.30. The average molecular weight is 291 g/mol. The molecule has 1 aromatic rings. The van der Waals surface area contributed by atoms with E-state index in [1.54, 1.807) is 23.9 Å². The van der Waals surface area contributed by atoms with Crippen molar-refractivity contribution in [1.29, 1.82) is 0 Å². The minimum atomic E-state index is -0.291. The molecule has 0 fully saturated rings. The summed E-state index contributed by atoms with van der Waals surface area (Å²) in [6.45, 7) is 2.45. The second-order valence-corrected chi connectivity index (χ2v) is 5.67. The van der Waals surface area contributed by atoms with Crippen molar-refractivity contribution >= 4 is 23.4 Å². The van der Waals surface area contributed by atoms with Crippen LogP contribution in [0.4, 0.5) is 4.39 Å². The lowest BCUT2D eigenvalue weighted by Crippen LogP contribution is -2.38. The number of benzene rings is 1. The summed E-state index contributed by atoms with van der Waals surface area (Å²) < 4.78 is 13.9. The molecule has 0 spiro atoms. The van der Waals surface area contributed by atoms with E-state index in [1.165, 1.54) is 6.07 Å². The van der Waals surface area contributed by atoms with Gasteiger partial charge in [-0.25, -0.2) is 4.39 Å². The summed E-state index contributed by atoms with van der Waals surface area (Å²) in [5, 5.41) is 0.439. The van der Waals surface area contributed by atoms with E-state index in [0.717, 1.165) is 5.75 Å². The van der Waals surface area contributed by atoms with Crippen LogP contribution in [0.15, 0.2) is 18.2 Å². The Morgan fingerprint density at radius 3 is 2.67 bits per heavy atom. The van der Waals surface area contributed by atoms with Crippen LogP contribution in [0.5, 0.6) is 0 Å². The normalized spacial score (nSPS) is 14.8. The standard InChI is InChI=1S/C13H20ClFN2S/c1-9(8-18-3)17(2)12(7-16)13-10(14)5-4-6-11(13)15/h4-6,9,12H,7-8,16H2,1-3H3. The Balaban J connectivity index is 3.02. The third-order valence-corrected chi connectivity index (χ3v) is 4.30. The molecule has 0 bridgehead atoms. The van der Waals surface area contributed by atoms with Gasteiger partial charge in [0.25, 0.3) is 0 Å². The number of nitrogens with two attached hydrogens (primary N) is 1. The van der Waals surface area contributed by atoms with E-state index in [1.807, 2.05) is 7.05 Å². The van der Waals surface area contributed by atoms with Gasteiger partial charge in [-0.15, -0.1) is 0 Å². The number of hydrogen-bond acceptors (Lipinski definition) is 3. The molecule has 2 nitrogen and oxygen atoms in total. The fourth-order valence-corrected chi connectivity index (χ4v) is 2.99. The molecule has 0 saturated heterocycles. The first kappa shape index (κ1) is 15.8. The molecule has 0 heterocycles. The lowest BCUT2D eigenvalue weighted by Gasteiger charge is -2.33. The molecule has 0 aliphatic rings. The van der Waals surface area contributed by atoms with E-state index < -0.39 is 0 Å². The van der Waals surface area contributed by atoms with Crippen LogP contribution in [0.25, 0.3) is 0 Å². The number of nitrogens with zero attached hydrogens (tertiary/aromatic N) is 1. The van der Waals surface area contributed by atoms with Gasteiger partial charge in [0.1, 0.15) is 5.82 Å². The molecule has 18 heavy (non-hydrogen) atoms. The summed E-state index contributed by atoms with van der Waals surface area (Å²) in [5.41, 5.74) is 6.30. The van der Waals surface area contributed by atoms with Gasteiger partial charge in [-0.2, -0.15) is 11.8 Å². The van der Waals surface area contributed by atoms with Crippen molar-refractivity contribution in [2.24, 2.45) is 5.73 Å². The molecule has 1 aromatic carbocycles. The molecule has 0 aliphatic heterocycles. The number of hydrogen-bond donors (Lipinski definition) is 1. The highest BCUT2D eigenvalue weighted by Gasteiger charge is 2.24. The molecule has 2 unspecified atom stereocenters. The van der Waals surface area contributed by atoms with Crippen molar-refractivity contribution in [2.45, 2.75) is 19.0 Å². The Morgan fingerprint density at radius 1 is 1.50 bits per heavy atom. The number of likely N-dealkylation sites (N-methyl/N-ethyl adjacent to an activating group) is 1. The zero-order valence-electron chi connectivity index (χ0n) is 11.0. The maximum Gasteiger partial charge on any atom is 0.129 e. The molecule has 5 heteroatoms. The minimum Gasteiger partial charge on any atom is -0.329 e. The molecule has 0 aromatic heterocycles. The molecule has 0 amide bonds. The Bertz CT molecular complexity index is 369. The van der Waals surface area contributed by atoms with Gasteiger partial charge in [0.05, 0.1) is 6.04 Å². The van der Waals surface area contributed by atoms with Crippen molar-refractivity contribution in [2.75, 3.05) is 25.6 Å². The number of rotatable bonds is 6. The Kier molecular flexibility index (Phi) is 6.43. The zero-order chi connectivity index (χ0) is 13.7. The Labute approximate surface area is 118 Å². The highest BCUT2D eigenvalue weighted by molar-refractivity contribution is 7.98. The van der Waals surface area contributed by atoms with Gasteiger partial charge in [0.2, 0.25) is 0 Å². The number of thioether (sulfide) groups is 1. The SMILES string of the molecule is CSCC(C)N(C)C(CN)c1c(F)cccc1Cl. The fraction of sp³-hybridized carbons (Fsp3) is 0.538. The predicted octanol–water partition coefficient (Wildman–Crippen LogP) is 3.16. The van der Waals surface area contributed by atoms with Gasteiger partial charge < -0.3 is 5.73 Å². The van der Waals surface area contributed by atoms with Gasteiger partial charge in [-0.1, -0.05) is 17.7 Å². The quantitative estimate of drug-likeness (QED) is 0.873. The van der Waals surface area contributed by atoms with Crippen LogP contribution in [0.1, 0.15) is 18.5 Å². The molecule has 2 atom stereocenters. The maximum atomic E-state index is 13.9. The first-order valence-corrected chi connectivity index (χ1v) is 7.65. The van der Waals surface area contributed by atoms with Gasteiger partial charge >= 0.3 is 0 Å². The molecule has 1 rings (SSSR count). The molecular formula is C13H20ClFN2S. The van der Waals surface area contributed by atoms with Gasteiger partial charge in [-0.05, 0) is 32.4 Å². The van der Waals surface area contributed by atoms with E-state index in [-0.39, 0.29) is 11.9 Å². The van der Waals surface area contributed by atoms with Crippen LogP contribution < -0.4 is 5.73 Å². The largest absolute Gasteiger partial charge is 0.329 e. The van der Waals surface area contributed by atoms with Crippen molar-refractivity contribution < 1.29 is 4.39 Å². The molecule has 0 aliphatic carbocycles. The van der Waals surface area contributed by atoms with Crippen molar-refractivity contribution in [1.82, 2.24) is 4.90 Å². The van der Waals surface area contributed by atoms with Gasteiger partial charge in [0.15, 0.2) is 0 Å². The third kappa shape index (κ3) is 3.60. The van der Waals surface area contributed by atoms with E-state index in [9.17, 15) is 4.39 Å². The van der Waals surface area contributed by atoms with E-state index in [0.29, 0.717) is 23.2 Å². The highest BCUT2D eigenvalue weighted by atomic mass is 35.5. The Morgan fingerprint density at radius 2 is 2.17 bits per heavy atom. The zero-order valence-corrected chi connectivity index (χ0v) is 12.6. The lowest BCUT2D eigenvalue weighted by molar-refractivity contribution is 0.200. The lowest BCUT2D eigenvalue weighted by atomic mass is 10.0. The summed E-state index contributed by atoms with van der Waals surface area (Å²) in [5.74, 6) is 0.681. The molecule has 0 saturated carbocycles. The van der Waals surface area contributed by atoms with Crippen LogP contribution in [0.3, 0.4) is 0 Å². The summed E-state index contributed by atoms with van der Waals surface area (Å²) in [4.78, 5) is 2.08. The van der Waals surface area contributed by atoms with Crippen LogP contribution in [-0.4, -0.2) is 36.5 Å². The van der Waals surface area contributed by atoms with Crippen LogP contribution in [0, 0.1) is 5.82 Å². The maximum absolute atomic E-state index is 13.9. The first-order valence-electron chi connectivity index (χ1n) is 5.87. The van der Waals surface area contributed by atoms with Crippen molar-refractivity contribution in [3.63, 3.8) is 0 Å². The van der Waals surface area contributed by atoms with Crippen LogP contribution in [-0.2, 0) is 0 Å². The van der Waals surface area contributed by atoms with Crippen LogP contribution in [0.2, 0.25) is 5.02 Å². The smallest absolute Gasteiger partial charge is 0.129 e. The first-order chi connectivity index (χ1) is 8.52. The van der Waals surface area contributed by atoms with Gasteiger partial charge in [0, 0.05) is 28.9 Å². The predicted molar refractivity (Wildman–Crippen MR) is 78.8 cm³/mol. The molecule has 102 valence electrons. The van der Waals surface area contributed by atoms with E-state index in [2.05, 4.69) is 18.1 Å². The second-order valence-electron chi connectivity index (χ2n) is 4.36. The summed E-state index contributed by atoms with van der Waals surface area (Å²) in [7, 11) is 1.96. The monoisotopic (exact) mass is 290 g/mol. The fourth-order valence-electron chi connectivity index (χ4n) is 1.98. The van der Waals surface area contributed by atoms with Crippen molar-refractivity contribution in [3.05, 3.63) is 34.6 Å². The second kappa shape index (κ2) is 7.34. The third-order valence-electron chi connectivity index (χ3n) is 3.15. The summed E-state index contributed by atoms with van der Waals surface area (Å²) in [6.07, 6.45) is 2.05. The topological polar surface area (TPSA) is 29.3 Å². The van der Waals surface area contributed by atoms with Crippen LogP contribution >= 0.6 is 23.4 Å². The Hall–Kier alpha value is -0.290. The summed E-state index contributed by atoms with van der Waals surface area (Å²) >= 11 is 7.86.